The van der Waals surface area contributed by atoms with Crippen LogP contribution in [-0.4, -0.2) is 63.2 Å². The Morgan fingerprint density at radius 3 is 2.45 bits per heavy atom. The van der Waals surface area contributed by atoms with E-state index in [1.54, 1.807) is 30.4 Å². The van der Waals surface area contributed by atoms with E-state index in [0.717, 1.165) is 37.0 Å². The number of nitriles is 1. The highest BCUT2D eigenvalue weighted by Crippen LogP contribution is 2.33. The second-order valence-corrected chi connectivity index (χ2v) is 8.74. The van der Waals surface area contributed by atoms with E-state index in [-0.39, 0.29) is 11.8 Å². The fraction of sp³-hybridized carbons (Fsp3) is 0.320. The SMILES string of the molecule is N#Cc1ccc(C=CC(=O)N2CC[C@@H]3CN(C(=O)c4ccc5[nH]nnc5c4)C[C@@H]3CC2)cc1. The van der Waals surface area contributed by atoms with Crippen LogP contribution >= 0.6 is 0 Å². The van der Waals surface area contributed by atoms with Crippen LogP contribution in [0.2, 0.25) is 0 Å². The number of hydrogen-bond acceptors (Lipinski definition) is 5. The van der Waals surface area contributed by atoms with E-state index >= 15 is 0 Å². The van der Waals surface area contributed by atoms with Crippen LogP contribution in [0.5, 0.6) is 0 Å². The van der Waals surface area contributed by atoms with Gasteiger partial charge in [-0.1, -0.05) is 17.3 Å². The van der Waals surface area contributed by atoms with Gasteiger partial charge in [0.05, 0.1) is 17.1 Å². The molecule has 5 rings (SSSR count). The molecule has 2 atom stereocenters. The van der Waals surface area contributed by atoms with Crippen LogP contribution in [0, 0.1) is 23.2 Å². The molecular formula is C25H24N6O2. The first-order valence-corrected chi connectivity index (χ1v) is 11.2. The van der Waals surface area contributed by atoms with Crippen molar-refractivity contribution in [2.75, 3.05) is 26.2 Å². The Hall–Kier alpha value is -3.99. The molecule has 0 unspecified atom stereocenters. The van der Waals surface area contributed by atoms with Crippen molar-refractivity contribution in [3.05, 3.63) is 65.2 Å². The van der Waals surface area contributed by atoms with E-state index in [0.29, 0.717) is 41.6 Å². The number of benzene rings is 2. The lowest BCUT2D eigenvalue weighted by Gasteiger charge is -2.21. The lowest BCUT2D eigenvalue weighted by Crippen LogP contribution is -2.33. The minimum absolute atomic E-state index is 0.00757. The van der Waals surface area contributed by atoms with Gasteiger partial charge in [0.2, 0.25) is 5.91 Å². The third kappa shape index (κ3) is 4.35. The number of nitrogens with zero attached hydrogens (tertiary/aromatic N) is 5. The maximum atomic E-state index is 13.1. The maximum Gasteiger partial charge on any atom is 0.253 e. The predicted octanol–water partition coefficient (Wildman–Crippen LogP) is 2.85. The van der Waals surface area contributed by atoms with Gasteiger partial charge in [-0.3, -0.25) is 14.7 Å². The number of nitrogens with one attached hydrogen (secondary N) is 1. The van der Waals surface area contributed by atoms with Gasteiger partial charge in [0.1, 0.15) is 5.52 Å². The first kappa shape index (κ1) is 20.9. The number of rotatable bonds is 3. The average Bonchev–Trinajstić information content (AvgIpc) is 3.44. The first-order chi connectivity index (χ1) is 16.1. The topological polar surface area (TPSA) is 106 Å². The fourth-order valence-corrected chi connectivity index (χ4v) is 4.83. The summed E-state index contributed by atoms with van der Waals surface area (Å²) in [6, 6.07) is 14.7. The molecule has 2 fully saturated rings. The van der Waals surface area contributed by atoms with Crippen molar-refractivity contribution in [1.29, 1.82) is 5.26 Å². The van der Waals surface area contributed by atoms with Crippen molar-refractivity contribution in [2.45, 2.75) is 12.8 Å². The highest BCUT2D eigenvalue weighted by atomic mass is 16.2. The van der Waals surface area contributed by atoms with Crippen molar-refractivity contribution >= 4 is 28.9 Å². The molecule has 0 saturated carbocycles. The summed E-state index contributed by atoms with van der Waals surface area (Å²) in [5.41, 5.74) is 3.64. The van der Waals surface area contributed by atoms with Gasteiger partial charge in [-0.25, -0.2) is 0 Å². The summed E-state index contributed by atoms with van der Waals surface area (Å²) in [6.07, 6.45) is 5.19. The fourth-order valence-electron chi connectivity index (χ4n) is 4.83. The summed E-state index contributed by atoms with van der Waals surface area (Å²) in [5.74, 6) is 0.856. The van der Waals surface area contributed by atoms with Crippen molar-refractivity contribution < 1.29 is 9.59 Å². The monoisotopic (exact) mass is 440 g/mol. The molecule has 2 aliphatic heterocycles. The molecule has 0 radical (unpaired) electrons. The van der Waals surface area contributed by atoms with E-state index in [4.69, 9.17) is 5.26 Å². The summed E-state index contributed by atoms with van der Waals surface area (Å²) in [7, 11) is 0. The molecule has 3 heterocycles. The second-order valence-electron chi connectivity index (χ2n) is 8.74. The third-order valence-electron chi connectivity index (χ3n) is 6.75. The Bertz CT molecular complexity index is 1240. The van der Waals surface area contributed by atoms with Gasteiger partial charge in [-0.2, -0.15) is 5.26 Å². The number of likely N-dealkylation sites (tertiary alicyclic amines) is 2. The van der Waals surface area contributed by atoms with E-state index in [1.165, 1.54) is 0 Å². The molecule has 0 aliphatic carbocycles. The van der Waals surface area contributed by atoms with Crippen LogP contribution in [0.25, 0.3) is 17.1 Å². The molecule has 3 aromatic rings. The average molecular weight is 441 g/mol. The molecule has 8 heteroatoms. The van der Waals surface area contributed by atoms with Gasteiger partial charge in [0, 0.05) is 37.8 Å². The van der Waals surface area contributed by atoms with Gasteiger partial charge in [0.15, 0.2) is 0 Å². The van der Waals surface area contributed by atoms with Crippen molar-refractivity contribution in [1.82, 2.24) is 25.2 Å². The Morgan fingerprint density at radius 1 is 1.03 bits per heavy atom. The molecule has 2 amide bonds. The molecule has 2 saturated heterocycles. The predicted molar refractivity (Wildman–Crippen MR) is 123 cm³/mol. The minimum Gasteiger partial charge on any atom is -0.339 e. The molecular weight excluding hydrogens is 416 g/mol. The van der Waals surface area contributed by atoms with Crippen LogP contribution in [0.15, 0.2) is 48.5 Å². The van der Waals surface area contributed by atoms with Gasteiger partial charge < -0.3 is 9.80 Å². The second kappa shape index (κ2) is 8.87. The summed E-state index contributed by atoms with van der Waals surface area (Å²) < 4.78 is 0. The van der Waals surface area contributed by atoms with Gasteiger partial charge in [-0.05, 0) is 66.6 Å². The van der Waals surface area contributed by atoms with Crippen LogP contribution < -0.4 is 0 Å². The first-order valence-electron chi connectivity index (χ1n) is 11.2. The Kier molecular flexibility index (Phi) is 5.61. The highest BCUT2D eigenvalue weighted by molar-refractivity contribution is 5.97. The molecule has 8 nitrogen and oxygen atoms in total. The third-order valence-corrected chi connectivity index (χ3v) is 6.75. The summed E-state index contributed by atoms with van der Waals surface area (Å²) in [6.45, 7) is 2.85. The molecule has 33 heavy (non-hydrogen) atoms. The zero-order valence-electron chi connectivity index (χ0n) is 18.1. The largest absolute Gasteiger partial charge is 0.339 e. The Balaban J connectivity index is 1.18. The van der Waals surface area contributed by atoms with Crippen LogP contribution in [0.1, 0.15) is 34.3 Å². The lowest BCUT2D eigenvalue weighted by molar-refractivity contribution is -0.126. The van der Waals surface area contributed by atoms with E-state index < -0.39 is 0 Å². The van der Waals surface area contributed by atoms with Crippen LogP contribution in [0.4, 0.5) is 0 Å². The van der Waals surface area contributed by atoms with Crippen LogP contribution in [0.3, 0.4) is 0 Å². The highest BCUT2D eigenvalue weighted by Gasteiger charge is 2.37. The maximum absolute atomic E-state index is 13.1. The number of fused-ring (bicyclic) bond motifs is 2. The Labute approximate surface area is 191 Å². The molecule has 0 bridgehead atoms. The van der Waals surface area contributed by atoms with E-state index in [9.17, 15) is 9.59 Å². The molecule has 1 N–H and O–H groups in total. The minimum atomic E-state index is 0.00757. The molecule has 2 aliphatic rings. The van der Waals surface area contributed by atoms with Gasteiger partial charge in [-0.15, -0.1) is 5.10 Å². The number of hydrogen-bond donors (Lipinski definition) is 1. The standard InChI is InChI=1S/C25H24N6O2/c26-14-18-3-1-17(2-4-18)5-8-24(32)30-11-9-20-15-31(16-21(20)10-12-30)25(33)19-6-7-22-23(13-19)28-29-27-22/h1-8,13,20-21H,9-12,15-16H2,(H,27,28,29)/t20-,21+. The van der Waals surface area contributed by atoms with E-state index in [2.05, 4.69) is 21.5 Å². The summed E-state index contributed by atoms with van der Waals surface area (Å²) in [4.78, 5) is 29.6. The number of carbonyl (C=O) groups excluding carboxylic acids is 2. The van der Waals surface area contributed by atoms with Crippen molar-refractivity contribution in [3.8, 4) is 6.07 Å². The number of carbonyl (C=O) groups is 2. The zero-order valence-corrected chi connectivity index (χ0v) is 18.1. The van der Waals surface area contributed by atoms with Crippen molar-refractivity contribution in [3.63, 3.8) is 0 Å². The smallest absolute Gasteiger partial charge is 0.253 e. The summed E-state index contributed by atoms with van der Waals surface area (Å²) >= 11 is 0. The van der Waals surface area contributed by atoms with Gasteiger partial charge in [0.25, 0.3) is 5.91 Å². The normalized spacial score (nSPS) is 20.6. The van der Waals surface area contributed by atoms with Crippen LogP contribution in [-0.2, 0) is 4.79 Å². The summed E-state index contributed by atoms with van der Waals surface area (Å²) in [5, 5.41) is 19.5. The number of aromatic nitrogens is 3. The lowest BCUT2D eigenvalue weighted by atomic mass is 9.92. The van der Waals surface area contributed by atoms with Crippen molar-refractivity contribution in [2.24, 2.45) is 11.8 Å². The Morgan fingerprint density at radius 2 is 1.76 bits per heavy atom. The van der Waals surface area contributed by atoms with E-state index in [1.807, 2.05) is 34.1 Å². The molecule has 0 spiro atoms. The quantitative estimate of drug-likeness (QED) is 0.631. The zero-order chi connectivity index (χ0) is 22.8. The number of aromatic amines is 1. The molecule has 166 valence electrons. The molecule has 2 aromatic carbocycles. The number of amides is 2. The van der Waals surface area contributed by atoms with Gasteiger partial charge >= 0.3 is 0 Å². The molecule has 1 aromatic heterocycles. The number of H-pyrrole nitrogens is 1.